The van der Waals surface area contributed by atoms with Crippen LogP contribution < -0.4 is 4.74 Å². The monoisotopic (exact) mass is 337 g/mol. The van der Waals surface area contributed by atoms with Gasteiger partial charge in [-0.25, -0.2) is 4.98 Å². The zero-order valence-electron chi connectivity index (χ0n) is 13.6. The van der Waals surface area contributed by atoms with Gasteiger partial charge in [0.1, 0.15) is 6.10 Å². The van der Waals surface area contributed by atoms with Crippen molar-refractivity contribution in [1.82, 2.24) is 14.8 Å². The minimum absolute atomic E-state index is 0.127. The van der Waals surface area contributed by atoms with Crippen LogP contribution in [0.4, 0.5) is 0 Å². The summed E-state index contributed by atoms with van der Waals surface area (Å²) < 4.78 is 5.88. The van der Waals surface area contributed by atoms with Gasteiger partial charge in [-0.1, -0.05) is 11.6 Å². The van der Waals surface area contributed by atoms with Crippen LogP contribution in [0.1, 0.15) is 25.7 Å². The van der Waals surface area contributed by atoms with Crippen LogP contribution in [-0.4, -0.2) is 60.0 Å². The molecule has 2 saturated heterocycles. The lowest BCUT2D eigenvalue weighted by Gasteiger charge is -2.36. The summed E-state index contributed by atoms with van der Waals surface area (Å²) in [6.45, 7) is 3.55. The van der Waals surface area contributed by atoms with Gasteiger partial charge in [0.2, 0.25) is 11.8 Å². The second kappa shape index (κ2) is 7.49. The molecule has 1 atom stereocenters. The average Bonchev–Trinajstić information content (AvgIpc) is 2.57. The van der Waals surface area contributed by atoms with Gasteiger partial charge in [0, 0.05) is 44.7 Å². The van der Waals surface area contributed by atoms with Gasteiger partial charge in [0.25, 0.3) is 0 Å². The van der Waals surface area contributed by atoms with Crippen molar-refractivity contribution in [3.05, 3.63) is 23.4 Å². The van der Waals surface area contributed by atoms with E-state index in [4.69, 9.17) is 16.3 Å². The summed E-state index contributed by atoms with van der Waals surface area (Å²) in [7, 11) is 2.10. The molecule has 1 aromatic heterocycles. The summed E-state index contributed by atoms with van der Waals surface area (Å²) in [6, 6.07) is 3.57. The molecule has 23 heavy (non-hydrogen) atoms. The molecule has 0 saturated carbocycles. The third-order valence-electron chi connectivity index (χ3n) is 4.72. The van der Waals surface area contributed by atoms with E-state index >= 15 is 0 Å². The van der Waals surface area contributed by atoms with Gasteiger partial charge in [-0.2, -0.15) is 0 Å². The molecule has 0 N–H and O–H groups in total. The fourth-order valence-corrected chi connectivity index (χ4v) is 3.53. The Bertz CT molecular complexity index is 529. The molecule has 126 valence electrons. The summed E-state index contributed by atoms with van der Waals surface area (Å²) in [4.78, 5) is 21.1. The molecule has 2 aliphatic rings. The van der Waals surface area contributed by atoms with Crippen LogP contribution >= 0.6 is 11.6 Å². The maximum atomic E-state index is 12.6. The van der Waals surface area contributed by atoms with Crippen molar-refractivity contribution in [1.29, 1.82) is 0 Å². The van der Waals surface area contributed by atoms with Crippen LogP contribution in [-0.2, 0) is 4.79 Å². The maximum Gasteiger partial charge on any atom is 0.226 e. The molecule has 0 spiro atoms. The van der Waals surface area contributed by atoms with Crippen molar-refractivity contribution in [3.63, 3.8) is 0 Å². The number of hydrogen-bond donors (Lipinski definition) is 0. The van der Waals surface area contributed by atoms with Crippen LogP contribution in [0.25, 0.3) is 0 Å². The number of pyridine rings is 1. The smallest absolute Gasteiger partial charge is 0.226 e. The van der Waals surface area contributed by atoms with E-state index in [1.165, 1.54) is 0 Å². The second-order valence-electron chi connectivity index (χ2n) is 6.56. The number of aromatic nitrogens is 1. The molecular formula is C17H24ClN3O2. The fraction of sp³-hybridized carbons (Fsp3) is 0.647. The molecule has 3 rings (SSSR count). The summed E-state index contributed by atoms with van der Waals surface area (Å²) in [5.74, 6) is 1.09. The van der Waals surface area contributed by atoms with Crippen LogP contribution in [0.15, 0.2) is 18.3 Å². The lowest BCUT2D eigenvalue weighted by molar-refractivity contribution is -0.139. The van der Waals surface area contributed by atoms with Gasteiger partial charge < -0.3 is 14.5 Å². The van der Waals surface area contributed by atoms with Gasteiger partial charge in [0.15, 0.2) is 0 Å². The number of carbonyl (C=O) groups excluding carboxylic acids is 1. The Morgan fingerprint density at radius 2 is 2.04 bits per heavy atom. The molecule has 2 aliphatic heterocycles. The van der Waals surface area contributed by atoms with Crippen molar-refractivity contribution in [3.8, 4) is 5.88 Å². The summed E-state index contributed by atoms with van der Waals surface area (Å²) in [6.07, 6.45) is 5.58. The van der Waals surface area contributed by atoms with Crippen molar-refractivity contribution < 1.29 is 9.53 Å². The summed E-state index contributed by atoms with van der Waals surface area (Å²) >= 11 is 5.83. The zero-order chi connectivity index (χ0) is 16.2. The molecule has 0 bridgehead atoms. The number of piperidine rings is 2. The fourth-order valence-electron chi connectivity index (χ4n) is 3.42. The number of carbonyl (C=O) groups is 1. The first kappa shape index (κ1) is 16.5. The van der Waals surface area contributed by atoms with E-state index in [0.717, 1.165) is 51.9 Å². The van der Waals surface area contributed by atoms with Crippen molar-refractivity contribution >= 4 is 17.5 Å². The van der Waals surface area contributed by atoms with Crippen LogP contribution in [0.3, 0.4) is 0 Å². The molecule has 0 aromatic carbocycles. The third-order valence-corrected chi connectivity index (χ3v) is 4.94. The molecule has 2 fully saturated rings. The van der Waals surface area contributed by atoms with E-state index in [-0.39, 0.29) is 12.0 Å². The van der Waals surface area contributed by atoms with E-state index < -0.39 is 0 Å². The number of ether oxygens (including phenoxy) is 1. The first-order valence-electron chi connectivity index (χ1n) is 8.37. The highest BCUT2D eigenvalue weighted by atomic mass is 35.5. The first-order valence-corrected chi connectivity index (χ1v) is 8.75. The summed E-state index contributed by atoms with van der Waals surface area (Å²) in [5.41, 5.74) is 0. The Morgan fingerprint density at radius 3 is 2.70 bits per heavy atom. The lowest BCUT2D eigenvalue weighted by Crippen LogP contribution is -2.47. The predicted octanol–water partition coefficient (Wildman–Crippen LogP) is 2.45. The van der Waals surface area contributed by atoms with Gasteiger partial charge in [0.05, 0.1) is 10.9 Å². The van der Waals surface area contributed by atoms with Crippen LogP contribution in [0.5, 0.6) is 5.88 Å². The molecule has 3 heterocycles. The minimum Gasteiger partial charge on any atom is -0.474 e. The molecule has 1 aromatic rings. The Kier molecular flexibility index (Phi) is 5.38. The number of hydrogen-bond acceptors (Lipinski definition) is 4. The predicted molar refractivity (Wildman–Crippen MR) is 89.7 cm³/mol. The Labute approximate surface area is 142 Å². The van der Waals surface area contributed by atoms with E-state index in [2.05, 4.69) is 16.9 Å². The Balaban J connectivity index is 1.48. The highest BCUT2D eigenvalue weighted by Gasteiger charge is 2.31. The largest absolute Gasteiger partial charge is 0.474 e. The molecular weight excluding hydrogens is 314 g/mol. The minimum atomic E-state index is 0.127. The van der Waals surface area contributed by atoms with Gasteiger partial charge in [-0.15, -0.1) is 0 Å². The molecule has 5 nitrogen and oxygen atoms in total. The highest BCUT2D eigenvalue weighted by molar-refractivity contribution is 6.30. The van der Waals surface area contributed by atoms with E-state index in [1.807, 2.05) is 4.90 Å². The Hall–Kier alpha value is -1.33. The number of nitrogens with zero attached hydrogens (tertiary/aromatic N) is 3. The topological polar surface area (TPSA) is 45.7 Å². The average molecular weight is 338 g/mol. The lowest BCUT2D eigenvalue weighted by atomic mass is 9.95. The number of halogens is 1. The van der Waals surface area contributed by atoms with Crippen LogP contribution in [0, 0.1) is 5.92 Å². The molecule has 0 aliphatic carbocycles. The quantitative estimate of drug-likeness (QED) is 0.850. The van der Waals surface area contributed by atoms with Gasteiger partial charge >= 0.3 is 0 Å². The van der Waals surface area contributed by atoms with Crippen molar-refractivity contribution in [2.75, 3.05) is 33.2 Å². The van der Waals surface area contributed by atoms with Crippen molar-refractivity contribution in [2.45, 2.75) is 31.8 Å². The van der Waals surface area contributed by atoms with Gasteiger partial charge in [-0.3, -0.25) is 4.79 Å². The first-order chi connectivity index (χ1) is 11.1. The SMILES string of the molecule is CN1CCCC(C(=O)N2CCC(Oc3ccc(Cl)cn3)CC2)C1. The standard InChI is InChI=1S/C17H24ClN3O2/c1-20-8-2-3-13(12-20)17(22)21-9-6-15(7-10-21)23-16-5-4-14(18)11-19-16/h4-5,11,13,15H,2-3,6-10,12H2,1H3. The highest BCUT2D eigenvalue weighted by Crippen LogP contribution is 2.22. The molecule has 1 amide bonds. The van der Waals surface area contributed by atoms with E-state index in [0.29, 0.717) is 16.8 Å². The molecule has 6 heteroatoms. The molecule has 0 radical (unpaired) electrons. The van der Waals surface area contributed by atoms with Gasteiger partial charge in [-0.05, 0) is 32.5 Å². The van der Waals surface area contributed by atoms with Crippen LogP contribution in [0.2, 0.25) is 5.02 Å². The number of amides is 1. The molecule has 1 unspecified atom stereocenters. The van der Waals surface area contributed by atoms with E-state index in [1.54, 1.807) is 18.3 Å². The third kappa shape index (κ3) is 4.36. The second-order valence-corrected chi connectivity index (χ2v) is 6.99. The zero-order valence-corrected chi connectivity index (χ0v) is 14.3. The number of likely N-dealkylation sites (tertiary alicyclic amines) is 2. The van der Waals surface area contributed by atoms with Crippen molar-refractivity contribution in [2.24, 2.45) is 5.92 Å². The van der Waals surface area contributed by atoms with E-state index in [9.17, 15) is 4.79 Å². The normalized spacial score (nSPS) is 23.7. The Morgan fingerprint density at radius 1 is 1.26 bits per heavy atom. The maximum absolute atomic E-state index is 12.6. The summed E-state index contributed by atoms with van der Waals surface area (Å²) in [5, 5.41) is 0.607. The number of rotatable bonds is 3.